The van der Waals surface area contributed by atoms with E-state index in [9.17, 15) is 22.8 Å². The summed E-state index contributed by atoms with van der Waals surface area (Å²) in [4.78, 5) is 48.1. The van der Waals surface area contributed by atoms with Gasteiger partial charge in [-0.2, -0.15) is 0 Å². The van der Waals surface area contributed by atoms with Crippen LogP contribution in [0.3, 0.4) is 0 Å². The lowest BCUT2D eigenvalue weighted by Crippen LogP contribution is -2.55. The summed E-state index contributed by atoms with van der Waals surface area (Å²) in [5, 5.41) is 2.03. The van der Waals surface area contributed by atoms with Gasteiger partial charge >= 0.3 is 12.1 Å². The highest BCUT2D eigenvalue weighted by Gasteiger charge is 2.42. The van der Waals surface area contributed by atoms with Crippen LogP contribution in [-0.2, 0) is 25.9 Å². The van der Waals surface area contributed by atoms with Crippen molar-refractivity contribution in [2.75, 3.05) is 32.0 Å². The van der Waals surface area contributed by atoms with Gasteiger partial charge in [-0.25, -0.2) is 23.0 Å². The van der Waals surface area contributed by atoms with E-state index in [1.54, 1.807) is 57.8 Å². The highest BCUT2D eigenvalue weighted by atomic mass is 35.5. The molecule has 3 amide bonds. The first-order valence-corrected chi connectivity index (χ1v) is 15.1. The Morgan fingerprint density at radius 2 is 1.82 bits per heavy atom. The van der Waals surface area contributed by atoms with Crippen LogP contribution < -0.4 is 0 Å². The van der Waals surface area contributed by atoms with E-state index in [1.165, 1.54) is 11.0 Å². The number of fused-ring (bicyclic) bond motifs is 2. The summed E-state index contributed by atoms with van der Waals surface area (Å²) in [5.41, 5.74) is 0.843. The van der Waals surface area contributed by atoms with E-state index < -0.39 is 33.6 Å². The maximum atomic E-state index is 13.8. The van der Waals surface area contributed by atoms with Crippen molar-refractivity contribution >= 4 is 50.2 Å². The third kappa shape index (κ3) is 4.68. The minimum atomic E-state index is -3.96. The zero-order valence-corrected chi connectivity index (χ0v) is 23.4. The topological polar surface area (TPSA) is 122 Å². The number of hydrogen-bond donors (Lipinski definition) is 0. The average molecular weight is 586 g/mol. The molecule has 0 radical (unpaired) electrons. The normalized spacial score (nSPS) is 18.9. The summed E-state index contributed by atoms with van der Waals surface area (Å²) in [6, 6.07) is 8.49. The fourth-order valence-corrected chi connectivity index (χ4v) is 7.50. The molecule has 2 fully saturated rings. The highest BCUT2D eigenvalue weighted by molar-refractivity contribution is 7.91. The molecule has 0 N–H and O–H groups in total. The highest BCUT2D eigenvalue weighted by Crippen LogP contribution is 2.28. The first kappa shape index (κ1) is 26.6. The van der Waals surface area contributed by atoms with Gasteiger partial charge in [0, 0.05) is 24.2 Å². The second kappa shape index (κ2) is 10.1. The number of carbonyl (C=O) groups is 3. The molecular weight excluding hydrogens is 558 g/mol. The van der Waals surface area contributed by atoms with Crippen molar-refractivity contribution in [2.24, 2.45) is 0 Å². The molecule has 2 aromatic carbocycles. The minimum Gasteiger partial charge on any atom is -0.448 e. The fraction of sp³-hybridized carbons (Fsp3) is 0.407. The smallest absolute Gasteiger partial charge is 0.410 e. The lowest BCUT2D eigenvalue weighted by molar-refractivity contribution is -0.136. The van der Waals surface area contributed by atoms with Crippen molar-refractivity contribution < 1.29 is 27.5 Å². The summed E-state index contributed by atoms with van der Waals surface area (Å²) in [5.74, 6) is -0.355. The van der Waals surface area contributed by atoms with Crippen LogP contribution in [0.25, 0.3) is 10.8 Å². The maximum absolute atomic E-state index is 13.8. The molecular formula is C27H28ClN5O6S. The number of imidazole rings is 1. The summed E-state index contributed by atoms with van der Waals surface area (Å²) in [6.45, 7) is 3.16. The van der Waals surface area contributed by atoms with E-state index in [0.717, 1.165) is 11.1 Å². The van der Waals surface area contributed by atoms with E-state index in [0.29, 0.717) is 48.7 Å². The van der Waals surface area contributed by atoms with Crippen LogP contribution in [-0.4, -0.2) is 94.8 Å². The number of hydrogen-bond acceptors (Lipinski definition) is 7. The van der Waals surface area contributed by atoms with Gasteiger partial charge in [0.05, 0.1) is 35.6 Å². The average Bonchev–Trinajstić information content (AvgIpc) is 3.63. The molecule has 11 nitrogen and oxygen atoms in total. The maximum Gasteiger partial charge on any atom is 0.410 e. The molecule has 210 valence electrons. The van der Waals surface area contributed by atoms with E-state index in [4.69, 9.17) is 16.3 Å². The van der Waals surface area contributed by atoms with E-state index in [-0.39, 0.29) is 30.1 Å². The van der Waals surface area contributed by atoms with Gasteiger partial charge in [0.15, 0.2) is 9.84 Å². The molecule has 1 atom stereocenters. The van der Waals surface area contributed by atoms with Gasteiger partial charge in [-0.1, -0.05) is 23.7 Å². The van der Waals surface area contributed by atoms with Crippen LogP contribution >= 0.6 is 11.6 Å². The number of halogens is 1. The molecule has 0 aliphatic carbocycles. The van der Waals surface area contributed by atoms with Crippen molar-refractivity contribution in [3.8, 4) is 0 Å². The van der Waals surface area contributed by atoms with Gasteiger partial charge in [-0.05, 0) is 54.8 Å². The Labute approximate surface area is 236 Å². The number of aromatic nitrogens is 2. The van der Waals surface area contributed by atoms with Crippen molar-refractivity contribution in [3.63, 3.8) is 0 Å². The minimum absolute atomic E-state index is 0.0547. The van der Waals surface area contributed by atoms with Crippen molar-refractivity contribution in [2.45, 2.75) is 43.3 Å². The standard InChI is InChI=1S/C27H28ClN5O6S/c1-17-29-14-22-15-32(26(35)33(17)22)21-6-8-30(9-7-21)25(34)24(31-10-11-39-27(31)36)16-40(37,38)23-5-3-18-12-20(28)4-2-19(18)13-23/h2-5,12-14,21,24H,6-11,15-16H2,1H3/t24-/m1/s1. The number of aryl methyl sites for hydroxylation is 1. The van der Waals surface area contributed by atoms with Gasteiger partial charge in [-0.15, -0.1) is 0 Å². The van der Waals surface area contributed by atoms with Crippen LogP contribution in [0, 0.1) is 6.92 Å². The second-order valence-corrected chi connectivity index (χ2v) is 12.8. The number of carbonyl (C=O) groups excluding carboxylic acids is 3. The van der Waals surface area contributed by atoms with Crippen molar-refractivity contribution in [1.82, 2.24) is 24.3 Å². The Morgan fingerprint density at radius 3 is 2.52 bits per heavy atom. The van der Waals surface area contributed by atoms with E-state index in [1.807, 2.05) is 0 Å². The number of amides is 3. The lowest BCUT2D eigenvalue weighted by Gasteiger charge is -2.38. The number of rotatable bonds is 6. The SMILES string of the molecule is Cc1ncc2n1C(=O)N(C1CCN(C(=O)[C@@H](CS(=O)(=O)c3ccc4cc(Cl)ccc4c3)N3CCOC3=O)CC1)C2. The number of likely N-dealkylation sites (tertiary alicyclic amines) is 1. The van der Waals surface area contributed by atoms with Crippen LogP contribution in [0.15, 0.2) is 47.5 Å². The summed E-state index contributed by atoms with van der Waals surface area (Å²) < 4.78 is 33.8. The monoisotopic (exact) mass is 585 g/mol. The Bertz CT molecular complexity index is 1630. The molecule has 40 heavy (non-hydrogen) atoms. The Hall–Kier alpha value is -3.64. The predicted octanol–water partition coefficient (Wildman–Crippen LogP) is 3.07. The molecule has 4 heterocycles. The first-order chi connectivity index (χ1) is 19.1. The Balaban J connectivity index is 1.19. The summed E-state index contributed by atoms with van der Waals surface area (Å²) >= 11 is 6.05. The van der Waals surface area contributed by atoms with Crippen LogP contribution in [0.2, 0.25) is 5.02 Å². The molecule has 0 spiro atoms. The Kier molecular flexibility index (Phi) is 6.70. The molecule has 1 aromatic heterocycles. The second-order valence-electron chi connectivity index (χ2n) is 10.4. The molecule has 3 aliphatic heterocycles. The van der Waals surface area contributed by atoms with Gasteiger partial charge < -0.3 is 14.5 Å². The molecule has 3 aromatic rings. The largest absolute Gasteiger partial charge is 0.448 e. The van der Waals surface area contributed by atoms with E-state index >= 15 is 0 Å². The van der Waals surface area contributed by atoms with Crippen LogP contribution in [0.5, 0.6) is 0 Å². The van der Waals surface area contributed by atoms with Crippen molar-refractivity contribution in [1.29, 1.82) is 0 Å². The predicted molar refractivity (Wildman–Crippen MR) is 146 cm³/mol. The number of sulfone groups is 1. The van der Waals surface area contributed by atoms with Crippen LogP contribution in [0.4, 0.5) is 9.59 Å². The van der Waals surface area contributed by atoms with Gasteiger partial charge in [0.1, 0.15) is 18.5 Å². The molecule has 0 unspecified atom stereocenters. The molecule has 0 saturated carbocycles. The zero-order valence-electron chi connectivity index (χ0n) is 21.8. The van der Waals surface area contributed by atoms with Gasteiger partial charge in [0.2, 0.25) is 5.91 Å². The molecule has 0 bridgehead atoms. The third-order valence-electron chi connectivity index (χ3n) is 7.96. The molecule has 2 saturated heterocycles. The number of cyclic esters (lactones) is 1. The summed E-state index contributed by atoms with van der Waals surface area (Å²) in [6.07, 6.45) is 2.10. The molecule has 3 aliphatic rings. The third-order valence-corrected chi connectivity index (χ3v) is 9.92. The fourth-order valence-electron chi connectivity index (χ4n) is 5.80. The lowest BCUT2D eigenvalue weighted by atomic mass is 10.0. The number of piperidine rings is 1. The first-order valence-electron chi connectivity index (χ1n) is 13.1. The van der Waals surface area contributed by atoms with Crippen LogP contribution in [0.1, 0.15) is 24.4 Å². The van der Waals surface area contributed by atoms with Crippen molar-refractivity contribution in [3.05, 3.63) is 59.1 Å². The van der Waals surface area contributed by atoms with Gasteiger partial charge in [0.25, 0.3) is 0 Å². The molecule has 13 heteroatoms. The zero-order chi connectivity index (χ0) is 28.2. The van der Waals surface area contributed by atoms with Gasteiger partial charge in [-0.3, -0.25) is 14.3 Å². The number of nitrogens with zero attached hydrogens (tertiary/aromatic N) is 5. The number of ether oxygens (including phenoxy) is 1. The number of benzene rings is 2. The quantitative estimate of drug-likeness (QED) is 0.436. The molecule has 6 rings (SSSR count). The van der Waals surface area contributed by atoms with E-state index in [2.05, 4.69) is 4.98 Å². The summed E-state index contributed by atoms with van der Waals surface area (Å²) in [7, 11) is -3.96. The Morgan fingerprint density at radius 1 is 1.10 bits per heavy atom.